The molecule has 74 valence electrons. The maximum atomic E-state index is 9.04. The molecule has 3 N–H and O–H groups in total. The molecule has 0 bridgehead atoms. The summed E-state index contributed by atoms with van der Waals surface area (Å²) in [4.78, 5) is 1.20. The largest absolute Gasteiger partial charge is 0.394 e. The van der Waals surface area contributed by atoms with Crippen LogP contribution in [0.2, 0.25) is 0 Å². The van der Waals surface area contributed by atoms with E-state index >= 15 is 0 Å². The zero-order chi connectivity index (χ0) is 9.68. The molecule has 0 fully saturated rings. The van der Waals surface area contributed by atoms with E-state index in [0.29, 0.717) is 6.54 Å². The SMILES string of the molecule is OC[C@@H](O)CNCc1sccc1Br. The van der Waals surface area contributed by atoms with Crippen molar-refractivity contribution in [3.05, 3.63) is 20.8 Å². The number of aliphatic hydroxyl groups is 2. The molecule has 1 atom stereocenters. The highest BCUT2D eigenvalue weighted by atomic mass is 79.9. The number of aliphatic hydroxyl groups excluding tert-OH is 2. The number of rotatable bonds is 5. The standard InChI is InChI=1S/C8H12BrNO2S/c9-7-1-2-13-8(7)4-10-3-6(12)5-11/h1-2,6,10-12H,3-5H2/t6-/m0/s1. The smallest absolute Gasteiger partial charge is 0.0895 e. The molecule has 0 unspecified atom stereocenters. The number of halogens is 1. The van der Waals surface area contributed by atoms with Crippen molar-refractivity contribution in [1.82, 2.24) is 5.32 Å². The summed E-state index contributed by atoms with van der Waals surface area (Å²) in [5.41, 5.74) is 0. The molecule has 3 nitrogen and oxygen atoms in total. The summed E-state index contributed by atoms with van der Waals surface area (Å²) in [6, 6.07) is 1.99. The van der Waals surface area contributed by atoms with E-state index < -0.39 is 6.10 Å². The first-order valence-electron chi connectivity index (χ1n) is 3.95. The molecule has 0 aliphatic carbocycles. The van der Waals surface area contributed by atoms with E-state index in [4.69, 9.17) is 10.2 Å². The summed E-state index contributed by atoms with van der Waals surface area (Å²) in [6.45, 7) is 0.939. The normalized spacial score (nSPS) is 13.2. The molecule has 0 amide bonds. The number of hydrogen-bond donors (Lipinski definition) is 3. The van der Waals surface area contributed by atoms with Crippen LogP contribution in [-0.2, 0) is 6.54 Å². The van der Waals surface area contributed by atoms with Gasteiger partial charge in [-0.05, 0) is 27.4 Å². The van der Waals surface area contributed by atoms with Gasteiger partial charge < -0.3 is 15.5 Å². The van der Waals surface area contributed by atoms with Gasteiger partial charge in [-0.15, -0.1) is 11.3 Å². The Hall–Kier alpha value is 0.0600. The van der Waals surface area contributed by atoms with Crippen molar-refractivity contribution in [3.8, 4) is 0 Å². The lowest BCUT2D eigenvalue weighted by atomic mass is 10.3. The molecule has 5 heteroatoms. The third kappa shape index (κ3) is 3.74. The Balaban J connectivity index is 2.24. The summed E-state index contributed by atoms with van der Waals surface area (Å²) in [5, 5.41) is 22.6. The molecule has 13 heavy (non-hydrogen) atoms. The van der Waals surface area contributed by atoms with Gasteiger partial charge in [0.25, 0.3) is 0 Å². The Bertz CT molecular complexity index is 254. The van der Waals surface area contributed by atoms with Crippen LogP contribution in [0.3, 0.4) is 0 Å². The summed E-state index contributed by atoms with van der Waals surface area (Å²) in [7, 11) is 0. The maximum absolute atomic E-state index is 9.04. The Morgan fingerprint density at radius 2 is 2.38 bits per heavy atom. The maximum Gasteiger partial charge on any atom is 0.0895 e. The monoisotopic (exact) mass is 265 g/mol. The van der Waals surface area contributed by atoms with Crippen molar-refractivity contribution in [3.63, 3.8) is 0 Å². The number of nitrogens with one attached hydrogen (secondary N) is 1. The number of thiophene rings is 1. The first kappa shape index (κ1) is 11.1. The van der Waals surface area contributed by atoms with Crippen LogP contribution in [0.1, 0.15) is 4.88 Å². The van der Waals surface area contributed by atoms with Crippen molar-refractivity contribution >= 4 is 27.3 Å². The van der Waals surface area contributed by atoms with Gasteiger partial charge in [0.15, 0.2) is 0 Å². The Morgan fingerprint density at radius 1 is 1.62 bits per heavy atom. The molecule has 0 saturated heterocycles. The fourth-order valence-electron chi connectivity index (χ4n) is 0.868. The summed E-state index contributed by atoms with van der Waals surface area (Å²) in [6.07, 6.45) is -0.668. The molecule has 0 saturated carbocycles. The van der Waals surface area contributed by atoms with Crippen LogP contribution >= 0.6 is 27.3 Å². The lowest BCUT2D eigenvalue weighted by Crippen LogP contribution is -2.28. The second-order valence-electron chi connectivity index (χ2n) is 2.66. The van der Waals surface area contributed by atoms with Gasteiger partial charge in [0.1, 0.15) is 0 Å². The van der Waals surface area contributed by atoms with Crippen molar-refractivity contribution in [2.75, 3.05) is 13.2 Å². The molecule has 1 aromatic rings. The van der Waals surface area contributed by atoms with Gasteiger partial charge in [-0.2, -0.15) is 0 Å². The van der Waals surface area contributed by atoms with Crippen LogP contribution in [0.25, 0.3) is 0 Å². The first-order valence-corrected chi connectivity index (χ1v) is 5.63. The average molecular weight is 266 g/mol. The predicted molar refractivity (Wildman–Crippen MR) is 56.8 cm³/mol. The summed E-state index contributed by atoms with van der Waals surface area (Å²) < 4.78 is 1.09. The van der Waals surface area contributed by atoms with Crippen LogP contribution in [-0.4, -0.2) is 29.5 Å². The summed E-state index contributed by atoms with van der Waals surface area (Å²) >= 11 is 5.06. The van der Waals surface area contributed by atoms with E-state index in [1.54, 1.807) is 11.3 Å². The lowest BCUT2D eigenvalue weighted by molar-refractivity contribution is 0.0943. The fourth-order valence-corrected chi connectivity index (χ4v) is 2.33. The zero-order valence-electron chi connectivity index (χ0n) is 7.03. The van der Waals surface area contributed by atoms with E-state index in [1.165, 1.54) is 4.88 Å². The third-order valence-electron chi connectivity index (χ3n) is 1.57. The van der Waals surface area contributed by atoms with Gasteiger partial charge in [0.2, 0.25) is 0 Å². The molecule has 0 aromatic carbocycles. The Kier molecular flexibility index (Phi) is 4.90. The van der Waals surface area contributed by atoms with Gasteiger partial charge >= 0.3 is 0 Å². The lowest BCUT2D eigenvalue weighted by Gasteiger charge is -2.07. The minimum Gasteiger partial charge on any atom is -0.394 e. The third-order valence-corrected chi connectivity index (χ3v) is 3.49. The topological polar surface area (TPSA) is 52.5 Å². The van der Waals surface area contributed by atoms with E-state index in [9.17, 15) is 0 Å². The van der Waals surface area contributed by atoms with E-state index in [0.717, 1.165) is 11.0 Å². The van der Waals surface area contributed by atoms with Crippen LogP contribution in [0.5, 0.6) is 0 Å². The molecular formula is C8H12BrNO2S. The van der Waals surface area contributed by atoms with Crippen molar-refractivity contribution < 1.29 is 10.2 Å². The molecule has 0 spiro atoms. The van der Waals surface area contributed by atoms with Gasteiger partial charge in [0, 0.05) is 22.4 Å². The first-order chi connectivity index (χ1) is 6.24. The van der Waals surface area contributed by atoms with Crippen molar-refractivity contribution in [2.45, 2.75) is 12.6 Å². The van der Waals surface area contributed by atoms with E-state index in [-0.39, 0.29) is 6.61 Å². The van der Waals surface area contributed by atoms with Crippen LogP contribution < -0.4 is 5.32 Å². The molecule has 0 radical (unpaired) electrons. The molecule has 0 aliphatic heterocycles. The fraction of sp³-hybridized carbons (Fsp3) is 0.500. The molecule has 1 rings (SSSR count). The highest BCUT2D eigenvalue weighted by molar-refractivity contribution is 9.10. The molecule has 1 heterocycles. The molecule has 0 aliphatic rings. The summed E-state index contributed by atoms with van der Waals surface area (Å²) in [5.74, 6) is 0. The van der Waals surface area contributed by atoms with Gasteiger partial charge in [-0.1, -0.05) is 0 Å². The van der Waals surface area contributed by atoms with Crippen molar-refractivity contribution in [1.29, 1.82) is 0 Å². The second kappa shape index (κ2) is 5.72. The predicted octanol–water partition coefficient (Wildman–Crippen LogP) is 0.953. The minimum atomic E-state index is -0.668. The van der Waals surface area contributed by atoms with Crippen LogP contribution in [0.15, 0.2) is 15.9 Å². The van der Waals surface area contributed by atoms with Crippen LogP contribution in [0, 0.1) is 0 Å². The zero-order valence-corrected chi connectivity index (χ0v) is 9.44. The molecular weight excluding hydrogens is 254 g/mol. The van der Waals surface area contributed by atoms with Crippen molar-refractivity contribution in [2.24, 2.45) is 0 Å². The highest BCUT2D eigenvalue weighted by Crippen LogP contribution is 2.21. The Morgan fingerprint density at radius 3 is 2.92 bits per heavy atom. The highest BCUT2D eigenvalue weighted by Gasteiger charge is 2.03. The molecule has 1 aromatic heterocycles. The van der Waals surface area contributed by atoms with Gasteiger partial charge in [0.05, 0.1) is 12.7 Å². The van der Waals surface area contributed by atoms with Gasteiger partial charge in [-0.3, -0.25) is 0 Å². The van der Waals surface area contributed by atoms with E-state index in [1.807, 2.05) is 11.4 Å². The average Bonchev–Trinajstić information content (AvgIpc) is 2.52. The van der Waals surface area contributed by atoms with Gasteiger partial charge in [-0.25, -0.2) is 0 Å². The Labute approximate surface area is 89.5 Å². The number of hydrogen-bond acceptors (Lipinski definition) is 4. The van der Waals surface area contributed by atoms with E-state index in [2.05, 4.69) is 21.2 Å². The minimum absolute atomic E-state index is 0.196. The quantitative estimate of drug-likeness (QED) is 0.744. The van der Waals surface area contributed by atoms with Crippen LogP contribution in [0.4, 0.5) is 0 Å². The second-order valence-corrected chi connectivity index (χ2v) is 4.51.